The van der Waals surface area contributed by atoms with Crippen LogP contribution in [0.4, 0.5) is 0 Å². The van der Waals surface area contributed by atoms with Gasteiger partial charge < -0.3 is 14.5 Å². The Morgan fingerprint density at radius 3 is 2.64 bits per heavy atom. The van der Waals surface area contributed by atoms with Crippen LogP contribution in [0, 0.1) is 6.92 Å². The fraction of sp³-hybridized carbons (Fsp3) is 0.364. The first-order valence-corrected chi connectivity index (χ1v) is 9.55. The zero-order valence-electron chi connectivity index (χ0n) is 16.9. The van der Waals surface area contributed by atoms with Crippen LogP contribution < -0.4 is 10.1 Å². The van der Waals surface area contributed by atoms with Gasteiger partial charge in [0.2, 0.25) is 0 Å². The van der Waals surface area contributed by atoms with Gasteiger partial charge in [-0.25, -0.2) is 0 Å². The Morgan fingerprint density at radius 2 is 2.00 bits per heavy atom. The summed E-state index contributed by atoms with van der Waals surface area (Å²) in [7, 11) is 1.86. The molecular formula is C22H27N3O3. The van der Waals surface area contributed by atoms with Crippen LogP contribution in [0.5, 0.6) is 5.75 Å². The van der Waals surface area contributed by atoms with Crippen molar-refractivity contribution in [2.24, 2.45) is 7.05 Å². The number of carbonyl (C=O) groups excluding carboxylic acids is 1. The number of nitrogens with one attached hydrogen (secondary N) is 1. The van der Waals surface area contributed by atoms with E-state index in [1.165, 1.54) is 5.56 Å². The van der Waals surface area contributed by atoms with Crippen LogP contribution >= 0.6 is 0 Å². The molecule has 2 heterocycles. The highest BCUT2D eigenvalue weighted by atomic mass is 16.5. The molecule has 3 rings (SSSR count). The Hall–Kier alpha value is -3.02. The lowest BCUT2D eigenvalue weighted by molar-refractivity contribution is 0.0919. The minimum Gasteiger partial charge on any atom is -0.486 e. The highest BCUT2D eigenvalue weighted by molar-refractivity contribution is 5.91. The first-order valence-electron chi connectivity index (χ1n) is 9.55. The topological polar surface area (TPSA) is 69.3 Å². The van der Waals surface area contributed by atoms with Gasteiger partial charge in [-0.2, -0.15) is 5.10 Å². The number of aryl methyl sites for hydroxylation is 2. The van der Waals surface area contributed by atoms with Gasteiger partial charge in [-0.1, -0.05) is 26.0 Å². The first-order chi connectivity index (χ1) is 13.5. The number of hydrogen-bond donors (Lipinski definition) is 1. The Labute approximate surface area is 165 Å². The summed E-state index contributed by atoms with van der Waals surface area (Å²) in [5.41, 5.74) is 3.18. The lowest BCUT2D eigenvalue weighted by Crippen LogP contribution is -2.22. The van der Waals surface area contributed by atoms with E-state index in [2.05, 4.69) is 36.4 Å². The summed E-state index contributed by atoms with van der Waals surface area (Å²) in [6.45, 7) is 6.99. The van der Waals surface area contributed by atoms with Crippen LogP contribution in [-0.2, 0) is 20.2 Å². The minimum absolute atomic E-state index is 0.257. The van der Waals surface area contributed by atoms with Crippen LogP contribution in [0.25, 0.3) is 0 Å². The Kier molecular flexibility index (Phi) is 6.19. The van der Waals surface area contributed by atoms with Crippen molar-refractivity contribution in [3.63, 3.8) is 0 Å². The molecule has 0 spiro atoms. The quantitative estimate of drug-likeness (QED) is 0.630. The second-order valence-electron chi connectivity index (χ2n) is 7.03. The van der Waals surface area contributed by atoms with Crippen molar-refractivity contribution >= 4 is 5.91 Å². The Bertz CT molecular complexity index is 925. The number of benzene rings is 1. The highest BCUT2D eigenvalue weighted by Crippen LogP contribution is 2.22. The SMILES string of the molecule is CCC(C)c1ccc(OCc2ccc(C(=O)NCc3cn(C)nc3C)o2)cc1. The van der Waals surface area contributed by atoms with Crippen LogP contribution in [0.2, 0.25) is 0 Å². The molecule has 0 saturated carbocycles. The predicted molar refractivity (Wildman–Crippen MR) is 107 cm³/mol. The van der Waals surface area contributed by atoms with Gasteiger partial charge in [0.05, 0.1) is 5.69 Å². The van der Waals surface area contributed by atoms with Crippen LogP contribution in [0.1, 0.15) is 59.3 Å². The molecule has 6 heteroatoms. The summed E-state index contributed by atoms with van der Waals surface area (Å²) in [5, 5.41) is 7.12. The maximum Gasteiger partial charge on any atom is 0.287 e. The smallest absolute Gasteiger partial charge is 0.287 e. The maximum absolute atomic E-state index is 12.3. The van der Waals surface area contributed by atoms with Gasteiger partial charge in [0.25, 0.3) is 5.91 Å². The average molecular weight is 381 g/mol. The number of nitrogens with zero attached hydrogens (tertiary/aromatic N) is 2. The summed E-state index contributed by atoms with van der Waals surface area (Å²) in [4.78, 5) is 12.3. The van der Waals surface area contributed by atoms with Gasteiger partial charge in [0, 0.05) is 25.4 Å². The van der Waals surface area contributed by atoms with E-state index in [0.717, 1.165) is 23.4 Å². The van der Waals surface area contributed by atoms with Crippen molar-refractivity contribution in [1.82, 2.24) is 15.1 Å². The third-order valence-electron chi connectivity index (χ3n) is 4.88. The van der Waals surface area contributed by atoms with E-state index >= 15 is 0 Å². The molecule has 3 aromatic rings. The lowest BCUT2D eigenvalue weighted by atomic mass is 9.99. The van der Waals surface area contributed by atoms with E-state index < -0.39 is 0 Å². The van der Waals surface area contributed by atoms with E-state index in [9.17, 15) is 4.79 Å². The van der Waals surface area contributed by atoms with Crippen molar-refractivity contribution in [2.45, 2.75) is 46.3 Å². The number of furan rings is 1. The molecule has 0 radical (unpaired) electrons. The van der Waals surface area contributed by atoms with Crippen LogP contribution in [0.15, 0.2) is 47.0 Å². The molecular weight excluding hydrogens is 354 g/mol. The van der Waals surface area contributed by atoms with Gasteiger partial charge in [-0.15, -0.1) is 0 Å². The summed E-state index contributed by atoms with van der Waals surface area (Å²) in [6, 6.07) is 11.5. The molecule has 0 aliphatic carbocycles. The van der Waals surface area contributed by atoms with E-state index in [1.807, 2.05) is 32.3 Å². The molecule has 0 saturated heterocycles. The lowest BCUT2D eigenvalue weighted by Gasteiger charge is -2.10. The molecule has 0 aliphatic rings. The van der Waals surface area contributed by atoms with Crippen molar-refractivity contribution < 1.29 is 13.9 Å². The summed E-state index contributed by atoms with van der Waals surface area (Å²) >= 11 is 0. The van der Waals surface area contributed by atoms with Crippen molar-refractivity contribution in [1.29, 1.82) is 0 Å². The van der Waals surface area contributed by atoms with Gasteiger partial charge >= 0.3 is 0 Å². The molecule has 2 aromatic heterocycles. The van der Waals surface area contributed by atoms with Gasteiger partial charge in [-0.05, 0) is 49.1 Å². The summed E-state index contributed by atoms with van der Waals surface area (Å²) in [5.74, 6) is 1.94. The van der Waals surface area contributed by atoms with E-state index in [1.54, 1.807) is 16.8 Å². The molecule has 1 aromatic carbocycles. The molecule has 0 bridgehead atoms. The monoisotopic (exact) mass is 381 g/mol. The molecule has 1 amide bonds. The second-order valence-corrected chi connectivity index (χ2v) is 7.03. The van der Waals surface area contributed by atoms with E-state index in [4.69, 9.17) is 9.15 Å². The second kappa shape index (κ2) is 8.78. The molecule has 6 nitrogen and oxygen atoms in total. The van der Waals surface area contributed by atoms with Crippen LogP contribution in [-0.4, -0.2) is 15.7 Å². The molecule has 148 valence electrons. The van der Waals surface area contributed by atoms with Gasteiger partial charge in [-0.3, -0.25) is 9.48 Å². The molecule has 28 heavy (non-hydrogen) atoms. The Balaban J connectivity index is 1.52. The minimum atomic E-state index is -0.257. The van der Waals surface area contributed by atoms with E-state index in [0.29, 0.717) is 18.2 Å². The normalized spacial score (nSPS) is 12.0. The number of hydrogen-bond acceptors (Lipinski definition) is 4. The van der Waals surface area contributed by atoms with Gasteiger partial charge in [0.1, 0.15) is 18.1 Å². The third-order valence-corrected chi connectivity index (χ3v) is 4.88. The largest absolute Gasteiger partial charge is 0.486 e. The van der Waals surface area contributed by atoms with E-state index in [-0.39, 0.29) is 18.3 Å². The van der Waals surface area contributed by atoms with Crippen molar-refractivity contribution in [2.75, 3.05) is 0 Å². The van der Waals surface area contributed by atoms with Crippen molar-refractivity contribution in [3.8, 4) is 5.75 Å². The van der Waals surface area contributed by atoms with Crippen molar-refractivity contribution in [3.05, 3.63) is 70.9 Å². The fourth-order valence-corrected chi connectivity index (χ4v) is 2.95. The number of amides is 1. The number of carbonyl (C=O) groups is 1. The highest BCUT2D eigenvalue weighted by Gasteiger charge is 2.13. The first kappa shape index (κ1) is 19.7. The fourth-order valence-electron chi connectivity index (χ4n) is 2.95. The number of ether oxygens (including phenoxy) is 1. The summed E-state index contributed by atoms with van der Waals surface area (Å²) < 4.78 is 13.1. The van der Waals surface area contributed by atoms with Crippen LogP contribution in [0.3, 0.4) is 0 Å². The standard InChI is InChI=1S/C22H27N3O3/c1-5-15(2)17-6-8-19(9-7-17)27-14-20-10-11-21(28-20)22(26)23-12-18-13-25(4)24-16(18)3/h6-11,13,15H,5,12,14H2,1-4H3,(H,23,26). The maximum atomic E-state index is 12.3. The zero-order valence-corrected chi connectivity index (χ0v) is 16.9. The average Bonchev–Trinajstić information content (AvgIpc) is 3.30. The molecule has 1 N–H and O–H groups in total. The third kappa shape index (κ3) is 4.82. The molecule has 1 atom stereocenters. The predicted octanol–water partition coefficient (Wildman–Crippen LogP) is 4.34. The molecule has 1 unspecified atom stereocenters. The Morgan fingerprint density at radius 1 is 1.25 bits per heavy atom. The zero-order chi connectivity index (χ0) is 20.1. The molecule has 0 fully saturated rings. The number of aromatic nitrogens is 2. The van der Waals surface area contributed by atoms with Gasteiger partial charge in [0.15, 0.2) is 5.76 Å². The molecule has 0 aliphatic heterocycles. The number of rotatable bonds is 8. The summed E-state index contributed by atoms with van der Waals surface area (Å²) in [6.07, 6.45) is 3.00.